The summed E-state index contributed by atoms with van der Waals surface area (Å²) in [5, 5.41) is 8.85. The molecule has 0 spiro atoms. The van der Waals surface area contributed by atoms with Crippen molar-refractivity contribution in [3.8, 4) is 0 Å². The Bertz CT molecular complexity index is 418. The minimum Gasteiger partial charge on any atom is -0.338 e. The number of hydrogen-bond acceptors (Lipinski definition) is 6. The van der Waals surface area contributed by atoms with Crippen LogP contribution in [0.2, 0.25) is 0 Å². The molecule has 6 heteroatoms. The van der Waals surface area contributed by atoms with Gasteiger partial charge in [0, 0.05) is 16.8 Å². The Morgan fingerprint density at radius 2 is 2.15 bits per heavy atom. The summed E-state index contributed by atoms with van der Waals surface area (Å²) in [7, 11) is 0. The third kappa shape index (κ3) is 3.34. The zero-order valence-electron chi connectivity index (χ0n) is 12.0. The highest BCUT2D eigenvalue weighted by Gasteiger charge is 2.31. The SMILES string of the molecule is CCC1SCCSC1c1noc(C2CCCCCN2)n1. The molecule has 3 rings (SSSR count). The van der Waals surface area contributed by atoms with E-state index in [0.717, 1.165) is 24.7 Å². The molecule has 2 fully saturated rings. The van der Waals surface area contributed by atoms with Crippen LogP contribution < -0.4 is 5.32 Å². The lowest BCUT2D eigenvalue weighted by Crippen LogP contribution is -2.21. The Hall–Kier alpha value is -0.200. The predicted molar refractivity (Wildman–Crippen MR) is 85.2 cm³/mol. The van der Waals surface area contributed by atoms with Crippen LogP contribution in [-0.4, -0.2) is 33.4 Å². The van der Waals surface area contributed by atoms with E-state index in [-0.39, 0.29) is 6.04 Å². The maximum Gasteiger partial charge on any atom is 0.243 e. The molecule has 3 unspecified atom stereocenters. The third-order valence-corrected chi connectivity index (χ3v) is 7.27. The van der Waals surface area contributed by atoms with Crippen LogP contribution in [0.5, 0.6) is 0 Å². The van der Waals surface area contributed by atoms with Crippen molar-refractivity contribution >= 4 is 23.5 Å². The predicted octanol–water partition coefficient (Wildman–Crippen LogP) is 3.57. The van der Waals surface area contributed by atoms with Gasteiger partial charge >= 0.3 is 0 Å². The van der Waals surface area contributed by atoms with Crippen LogP contribution in [0.25, 0.3) is 0 Å². The third-order valence-electron chi connectivity index (χ3n) is 4.02. The number of rotatable bonds is 3. The molecule has 2 saturated heterocycles. The topological polar surface area (TPSA) is 51.0 Å². The van der Waals surface area contributed by atoms with Crippen LogP contribution in [0.15, 0.2) is 4.52 Å². The van der Waals surface area contributed by atoms with Crippen molar-refractivity contribution in [3.63, 3.8) is 0 Å². The van der Waals surface area contributed by atoms with E-state index in [4.69, 9.17) is 9.51 Å². The van der Waals surface area contributed by atoms with Crippen LogP contribution in [-0.2, 0) is 0 Å². The summed E-state index contributed by atoms with van der Waals surface area (Å²) in [6.45, 7) is 3.32. The highest BCUT2D eigenvalue weighted by atomic mass is 32.2. The fourth-order valence-corrected chi connectivity index (χ4v) is 5.87. The fourth-order valence-electron chi connectivity index (χ4n) is 2.89. The van der Waals surface area contributed by atoms with E-state index in [1.807, 2.05) is 11.8 Å². The largest absolute Gasteiger partial charge is 0.338 e. The molecule has 0 aliphatic carbocycles. The van der Waals surface area contributed by atoms with Crippen LogP contribution in [0.4, 0.5) is 0 Å². The molecule has 1 aromatic heterocycles. The van der Waals surface area contributed by atoms with E-state index in [1.165, 1.54) is 37.2 Å². The molecule has 0 amide bonds. The van der Waals surface area contributed by atoms with E-state index in [9.17, 15) is 0 Å². The second kappa shape index (κ2) is 7.18. The second-order valence-corrected chi connectivity index (χ2v) is 8.05. The Kier molecular flexibility index (Phi) is 5.29. The first-order valence-electron chi connectivity index (χ1n) is 7.68. The summed E-state index contributed by atoms with van der Waals surface area (Å²) < 4.78 is 5.56. The van der Waals surface area contributed by atoms with Crippen molar-refractivity contribution in [2.45, 2.75) is 55.6 Å². The molecule has 2 aliphatic heterocycles. The number of hydrogen-bond donors (Lipinski definition) is 1. The number of nitrogens with zero attached hydrogens (tertiary/aromatic N) is 2. The zero-order chi connectivity index (χ0) is 13.8. The monoisotopic (exact) mass is 313 g/mol. The smallest absolute Gasteiger partial charge is 0.243 e. The molecular formula is C14H23N3OS2. The summed E-state index contributed by atoms with van der Waals surface area (Å²) in [5.41, 5.74) is 0. The Morgan fingerprint density at radius 3 is 3.05 bits per heavy atom. The average Bonchev–Trinajstić information content (AvgIpc) is 2.82. The van der Waals surface area contributed by atoms with Gasteiger partial charge < -0.3 is 9.84 Å². The van der Waals surface area contributed by atoms with E-state index in [0.29, 0.717) is 10.5 Å². The Morgan fingerprint density at radius 1 is 1.25 bits per heavy atom. The number of aromatic nitrogens is 2. The van der Waals surface area contributed by atoms with Crippen molar-refractivity contribution in [2.24, 2.45) is 0 Å². The van der Waals surface area contributed by atoms with Crippen molar-refractivity contribution < 1.29 is 4.52 Å². The van der Waals surface area contributed by atoms with Gasteiger partial charge in [0.25, 0.3) is 0 Å². The summed E-state index contributed by atoms with van der Waals surface area (Å²) >= 11 is 4.04. The van der Waals surface area contributed by atoms with Gasteiger partial charge in [0.15, 0.2) is 5.82 Å². The van der Waals surface area contributed by atoms with Gasteiger partial charge in [-0.2, -0.15) is 16.7 Å². The van der Waals surface area contributed by atoms with Gasteiger partial charge in [0.2, 0.25) is 5.89 Å². The lowest BCUT2D eigenvalue weighted by atomic mass is 10.1. The van der Waals surface area contributed by atoms with Crippen molar-refractivity contribution in [3.05, 3.63) is 11.7 Å². The van der Waals surface area contributed by atoms with Gasteiger partial charge in [-0.05, 0) is 25.8 Å². The first-order chi connectivity index (χ1) is 9.88. The van der Waals surface area contributed by atoms with Crippen molar-refractivity contribution in [2.75, 3.05) is 18.1 Å². The number of nitrogens with one attached hydrogen (secondary N) is 1. The molecule has 3 atom stereocenters. The van der Waals surface area contributed by atoms with E-state index in [1.54, 1.807) is 0 Å². The van der Waals surface area contributed by atoms with Gasteiger partial charge in [-0.1, -0.05) is 24.9 Å². The molecule has 2 aliphatic rings. The molecule has 0 saturated carbocycles. The summed E-state index contributed by atoms with van der Waals surface area (Å²) in [4.78, 5) is 4.72. The normalized spacial score (nSPS) is 31.9. The molecule has 0 bridgehead atoms. The molecule has 1 aromatic rings. The highest BCUT2D eigenvalue weighted by molar-refractivity contribution is 8.06. The summed E-state index contributed by atoms with van der Waals surface area (Å²) in [6.07, 6.45) is 6.10. The van der Waals surface area contributed by atoms with Gasteiger partial charge in [0.05, 0.1) is 11.3 Å². The average molecular weight is 313 g/mol. The maximum absolute atomic E-state index is 5.56. The minimum absolute atomic E-state index is 0.264. The quantitative estimate of drug-likeness (QED) is 0.920. The zero-order valence-corrected chi connectivity index (χ0v) is 13.6. The van der Waals surface area contributed by atoms with Gasteiger partial charge in [-0.3, -0.25) is 0 Å². The molecule has 1 N–H and O–H groups in total. The Balaban J connectivity index is 1.71. The Labute approximate surface area is 129 Å². The van der Waals surface area contributed by atoms with Gasteiger partial charge in [-0.25, -0.2) is 0 Å². The second-order valence-electron chi connectivity index (χ2n) is 5.46. The maximum atomic E-state index is 5.56. The van der Waals surface area contributed by atoms with E-state index >= 15 is 0 Å². The first kappa shape index (κ1) is 14.7. The summed E-state index contributed by atoms with van der Waals surface area (Å²) in [6, 6.07) is 0.264. The first-order valence-corrected chi connectivity index (χ1v) is 9.78. The van der Waals surface area contributed by atoms with Crippen LogP contribution in [0.3, 0.4) is 0 Å². The van der Waals surface area contributed by atoms with E-state index < -0.39 is 0 Å². The molecule has 0 aromatic carbocycles. The van der Waals surface area contributed by atoms with Crippen LogP contribution in [0, 0.1) is 0 Å². The van der Waals surface area contributed by atoms with Crippen LogP contribution >= 0.6 is 23.5 Å². The summed E-state index contributed by atoms with van der Waals surface area (Å²) in [5.74, 6) is 4.15. The number of thioether (sulfide) groups is 2. The van der Waals surface area contributed by atoms with Gasteiger partial charge in [-0.15, -0.1) is 11.8 Å². The molecule has 20 heavy (non-hydrogen) atoms. The highest BCUT2D eigenvalue weighted by Crippen LogP contribution is 2.43. The standard InChI is InChI=1S/C14H23N3OS2/c1-2-11-12(20-9-8-19-11)13-16-14(18-17-13)10-6-4-3-5-7-15-10/h10-12,15H,2-9H2,1H3. The molecule has 112 valence electrons. The van der Waals surface area contributed by atoms with Gasteiger partial charge in [0.1, 0.15) is 0 Å². The molecular weight excluding hydrogens is 290 g/mol. The minimum atomic E-state index is 0.264. The molecule has 4 nitrogen and oxygen atoms in total. The van der Waals surface area contributed by atoms with E-state index in [2.05, 4.69) is 29.2 Å². The van der Waals surface area contributed by atoms with Crippen molar-refractivity contribution in [1.29, 1.82) is 0 Å². The fraction of sp³-hybridized carbons (Fsp3) is 0.857. The lowest BCUT2D eigenvalue weighted by Gasteiger charge is -2.27. The molecule has 3 heterocycles. The van der Waals surface area contributed by atoms with Crippen molar-refractivity contribution in [1.82, 2.24) is 15.5 Å². The lowest BCUT2D eigenvalue weighted by molar-refractivity contribution is 0.324. The molecule has 0 radical (unpaired) electrons. The van der Waals surface area contributed by atoms with Crippen LogP contribution in [0.1, 0.15) is 62.0 Å².